The van der Waals surface area contributed by atoms with E-state index in [1.807, 2.05) is 6.07 Å². The Bertz CT molecular complexity index is 446. The summed E-state index contributed by atoms with van der Waals surface area (Å²) in [7, 11) is 2.17. The summed E-state index contributed by atoms with van der Waals surface area (Å²) in [5, 5.41) is 9.85. The lowest BCUT2D eigenvalue weighted by Gasteiger charge is -2.42. The first-order valence-electron chi connectivity index (χ1n) is 6.27. The van der Waals surface area contributed by atoms with E-state index in [4.69, 9.17) is 4.74 Å². The second-order valence-corrected chi connectivity index (χ2v) is 5.51. The van der Waals surface area contributed by atoms with Crippen LogP contribution in [0.1, 0.15) is 18.9 Å². The summed E-state index contributed by atoms with van der Waals surface area (Å²) in [6, 6.07) is 5.75. The van der Waals surface area contributed by atoms with Crippen LogP contribution in [0.4, 0.5) is 0 Å². The molecule has 3 heteroatoms. The normalized spacial score (nSPS) is 32.5. The SMILES string of the molecule is C[C@@H]1CN(C)CC[C@@]12COc1c(O)cccc12. The smallest absolute Gasteiger partial charge is 0.164 e. The fraction of sp³-hybridized carbons (Fsp3) is 0.571. The van der Waals surface area contributed by atoms with Crippen molar-refractivity contribution in [3.63, 3.8) is 0 Å². The first-order valence-corrected chi connectivity index (χ1v) is 6.27. The van der Waals surface area contributed by atoms with Crippen LogP contribution in [0, 0.1) is 5.92 Å². The number of aromatic hydroxyl groups is 1. The fourth-order valence-corrected chi connectivity index (χ4v) is 3.33. The Balaban J connectivity index is 2.05. The second kappa shape index (κ2) is 3.64. The summed E-state index contributed by atoms with van der Waals surface area (Å²) in [4.78, 5) is 2.37. The quantitative estimate of drug-likeness (QED) is 0.744. The van der Waals surface area contributed by atoms with Crippen LogP contribution in [0.5, 0.6) is 11.5 Å². The molecule has 1 spiro atoms. The third-order valence-corrected chi connectivity index (χ3v) is 4.47. The van der Waals surface area contributed by atoms with E-state index >= 15 is 0 Å². The topological polar surface area (TPSA) is 32.7 Å². The molecule has 1 saturated heterocycles. The Hall–Kier alpha value is -1.22. The number of hydrogen-bond donors (Lipinski definition) is 1. The second-order valence-electron chi connectivity index (χ2n) is 5.51. The Morgan fingerprint density at radius 3 is 3.06 bits per heavy atom. The number of hydrogen-bond acceptors (Lipinski definition) is 3. The van der Waals surface area contributed by atoms with E-state index < -0.39 is 0 Å². The van der Waals surface area contributed by atoms with E-state index in [1.165, 1.54) is 5.56 Å². The zero-order valence-electron chi connectivity index (χ0n) is 10.4. The molecule has 0 radical (unpaired) electrons. The van der Waals surface area contributed by atoms with E-state index in [0.29, 0.717) is 11.7 Å². The summed E-state index contributed by atoms with van der Waals surface area (Å²) in [5.74, 6) is 1.55. The Kier molecular flexibility index (Phi) is 2.33. The van der Waals surface area contributed by atoms with Crippen molar-refractivity contribution >= 4 is 0 Å². The van der Waals surface area contributed by atoms with Gasteiger partial charge in [-0.2, -0.15) is 0 Å². The van der Waals surface area contributed by atoms with Crippen LogP contribution in [0.3, 0.4) is 0 Å². The fourth-order valence-electron chi connectivity index (χ4n) is 3.33. The lowest BCUT2D eigenvalue weighted by molar-refractivity contribution is 0.0980. The monoisotopic (exact) mass is 233 g/mol. The van der Waals surface area contributed by atoms with E-state index in [2.05, 4.69) is 24.9 Å². The first-order chi connectivity index (χ1) is 8.13. The van der Waals surface area contributed by atoms with Crippen LogP contribution in [0.15, 0.2) is 18.2 Å². The number of piperidine rings is 1. The van der Waals surface area contributed by atoms with Crippen LogP contribution in [-0.4, -0.2) is 36.8 Å². The van der Waals surface area contributed by atoms with Gasteiger partial charge >= 0.3 is 0 Å². The minimum atomic E-state index is 0.112. The summed E-state index contributed by atoms with van der Waals surface area (Å²) < 4.78 is 5.76. The average molecular weight is 233 g/mol. The van der Waals surface area contributed by atoms with Gasteiger partial charge in [0, 0.05) is 17.5 Å². The van der Waals surface area contributed by atoms with E-state index in [9.17, 15) is 5.11 Å². The van der Waals surface area contributed by atoms with Crippen LogP contribution in [0.25, 0.3) is 0 Å². The lowest BCUT2D eigenvalue weighted by Crippen LogP contribution is -2.48. The number of benzene rings is 1. The van der Waals surface area contributed by atoms with Gasteiger partial charge in [-0.25, -0.2) is 0 Å². The summed E-state index contributed by atoms with van der Waals surface area (Å²) in [6.07, 6.45) is 1.11. The number of phenolic OH excluding ortho intramolecular Hbond substituents is 1. The van der Waals surface area contributed by atoms with Gasteiger partial charge in [-0.3, -0.25) is 0 Å². The minimum Gasteiger partial charge on any atom is -0.504 e. The molecule has 0 saturated carbocycles. The molecule has 1 aromatic rings. The van der Waals surface area contributed by atoms with Crippen molar-refractivity contribution in [2.24, 2.45) is 5.92 Å². The minimum absolute atomic E-state index is 0.112. The molecule has 0 bridgehead atoms. The summed E-state index contributed by atoms with van der Waals surface area (Å²) >= 11 is 0. The molecule has 0 aromatic heterocycles. The van der Waals surface area contributed by atoms with Crippen LogP contribution in [0.2, 0.25) is 0 Å². The van der Waals surface area contributed by atoms with E-state index in [-0.39, 0.29) is 11.2 Å². The molecule has 2 aliphatic heterocycles. The van der Waals surface area contributed by atoms with Gasteiger partial charge in [0.15, 0.2) is 11.5 Å². The van der Waals surface area contributed by atoms with Gasteiger partial charge in [0.25, 0.3) is 0 Å². The molecule has 3 rings (SSSR count). The number of likely N-dealkylation sites (tertiary alicyclic amines) is 1. The molecule has 92 valence electrons. The first kappa shape index (κ1) is 10.9. The maximum atomic E-state index is 9.85. The number of nitrogens with zero attached hydrogens (tertiary/aromatic N) is 1. The van der Waals surface area contributed by atoms with Gasteiger partial charge < -0.3 is 14.7 Å². The van der Waals surface area contributed by atoms with Crippen LogP contribution >= 0.6 is 0 Å². The predicted molar refractivity (Wildman–Crippen MR) is 66.6 cm³/mol. The highest BCUT2D eigenvalue weighted by Gasteiger charge is 2.47. The number of fused-ring (bicyclic) bond motifs is 2. The summed E-state index contributed by atoms with van der Waals surface area (Å²) in [6.45, 7) is 5.20. The Morgan fingerprint density at radius 1 is 1.47 bits per heavy atom. The Labute approximate surface area is 102 Å². The van der Waals surface area contributed by atoms with Crippen LogP contribution < -0.4 is 4.74 Å². The highest BCUT2D eigenvalue weighted by atomic mass is 16.5. The van der Waals surface area contributed by atoms with Crippen molar-refractivity contribution < 1.29 is 9.84 Å². The molecular weight excluding hydrogens is 214 g/mol. The summed E-state index contributed by atoms with van der Waals surface area (Å²) in [5.41, 5.74) is 1.32. The van der Waals surface area contributed by atoms with Gasteiger partial charge in [0.2, 0.25) is 0 Å². The van der Waals surface area contributed by atoms with Gasteiger partial charge in [-0.15, -0.1) is 0 Å². The Morgan fingerprint density at radius 2 is 2.29 bits per heavy atom. The molecule has 2 heterocycles. The molecule has 1 aromatic carbocycles. The molecule has 2 atom stereocenters. The van der Waals surface area contributed by atoms with Crippen molar-refractivity contribution in [3.8, 4) is 11.5 Å². The molecule has 1 N–H and O–H groups in total. The zero-order valence-corrected chi connectivity index (χ0v) is 10.4. The molecule has 0 aliphatic carbocycles. The number of para-hydroxylation sites is 1. The lowest BCUT2D eigenvalue weighted by atomic mass is 9.68. The highest BCUT2D eigenvalue weighted by Crippen LogP contribution is 2.50. The van der Waals surface area contributed by atoms with Gasteiger partial charge in [-0.1, -0.05) is 19.1 Å². The maximum Gasteiger partial charge on any atom is 0.164 e. The van der Waals surface area contributed by atoms with Gasteiger partial charge in [-0.05, 0) is 32.0 Å². The van der Waals surface area contributed by atoms with Crippen molar-refractivity contribution in [1.29, 1.82) is 0 Å². The average Bonchev–Trinajstić information content (AvgIpc) is 2.66. The number of rotatable bonds is 0. The van der Waals surface area contributed by atoms with Gasteiger partial charge in [0.05, 0.1) is 6.61 Å². The predicted octanol–water partition coefficient (Wildman–Crippen LogP) is 1.99. The van der Waals surface area contributed by atoms with E-state index in [0.717, 1.165) is 26.1 Å². The number of ether oxygens (including phenoxy) is 1. The van der Waals surface area contributed by atoms with Crippen molar-refractivity contribution in [2.45, 2.75) is 18.8 Å². The van der Waals surface area contributed by atoms with E-state index in [1.54, 1.807) is 6.07 Å². The molecular formula is C14H19NO2. The maximum absolute atomic E-state index is 9.85. The molecule has 0 unspecified atom stereocenters. The molecule has 2 aliphatic rings. The highest BCUT2D eigenvalue weighted by molar-refractivity contribution is 5.53. The van der Waals surface area contributed by atoms with Crippen molar-refractivity contribution in [2.75, 3.05) is 26.7 Å². The third kappa shape index (κ3) is 1.45. The zero-order chi connectivity index (χ0) is 12.0. The molecule has 3 nitrogen and oxygen atoms in total. The largest absolute Gasteiger partial charge is 0.504 e. The third-order valence-electron chi connectivity index (χ3n) is 4.47. The number of phenols is 1. The molecule has 0 amide bonds. The molecule has 1 fully saturated rings. The molecule has 17 heavy (non-hydrogen) atoms. The van der Waals surface area contributed by atoms with Gasteiger partial charge in [0.1, 0.15) is 0 Å². The van der Waals surface area contributed by atoms with Crippen molar-refractivity contribution in [3.05, 3.63) is 23.8 Å². The standard InChI is InChI=1S/C14H19NO2/c1-10-8-15(2)7-6-14(10)9-17-13-11(14)4-3-5-12(13)16/h3-5,10,16H,6-9H2,1-2H3/t10-,14-/m1/s1. The van der Waals surface area contributed by atoms with Crippen LogP contribution in [-0.2, 0) is 5.41 Å². The van der Waals surface area contributed by atoms with Crippen molar-refractivity contribution in [1.82, 2.24) is 4.90 Å².